The lowest BCUT2D eigenvalue weighted by Crippen LogP contribution is -1.94. The molecule has 10 aromatic rings. The highest BCUT2D eigenvalue weighted by Gasteiger charge is 2.19. The average Bonchev–Trinajstić information content (AvgIpc) is 3.50. The standard InChI is InChI=1S/C44H25N5/c45-26-27-14-20-32-36-25-30(19-21-38(36)49(39(32)24-27)31-8-2-1-3-9-31)28-15-17-29(18-16-28)42-41-35-12-7-23-47-44(35)43-34(11-6-22-46-43)40(41)33-10-4-5-13-37(33)48-42/h1-25H. The van der Waals surface area contributed by atoms with E-state index in [2.05, 4.69) is 102 Å². The van der Waals surface area contributed by atoms with Crippen LogP contribution in [0.1, 0.15) is 5.56 Å². The third-order valence-corrected chi connectivity index (χ3v) is 9.67. The molecule has 6 aromatic carbocycles. The minimum atomic E-state index is 0.644. The van der Waals surface area contributed by atoms with Crippen LogP contribution in [0.4, 0.5) is 0 Å². The molecule has 5 heteroatoms. The van der Waals surface area contributed by atoms with E-state index in [0.717, 1.165) is 93.4 Å². The van der Waals surface area contributed by atoms with E-state index in [0.29, 0.717) is 5.56 Å². The van der Waals surface area contributed by atoms with E-state index >= 15 is 0 Å². The second-order valence-corrected chi connectivity index (χ2v) is 12.4. The summed E-state index contributed by atoms with van der Waals surface area (Å²) in [5, 5.41) is 17.4. The zero-order valence-electron chi connectivity index (χ0n) is 26.2. The maximum Gasteiger partial charge on any atom is 0.0992 e. The lowest BCUT2D eigenvalue weighted by atomic mass is 9.92. The fraction of sp³-hybridized carbons (Fsp3) is 0. The normalized spacial score (nSPS) is 11.7. The Bertz CT molecular complexity index is 2990. The van der Waals surface area contributed by atoms with Gasteiger partial charge in [0, 0.05) is 61.3 Å². The molecule has 0 aliphatic carbocycles. The summed E-state index contributed by atoms with van der Waals surface area (Å²) in [6, 6.07) is 50.6. The predicted molar refractivity (Wildman–Crippen MR) is 200 cm³/mol. The van der Waals surface area contributed by atoms with E-state index < -0.39 is 0 Å². The Morgan fingerprint density at radius 3 is 1.94 bits per heavy atom. The molecule has 10 rings (SSSR count). The molecule has 0 fully saturated rings. The lowest BCUT2D eigenvalue weighted by Gasteiger charge is -2.15. The average molecular weight is 624 g/mol. The number of fused-ring (bicyclic) bond motifs is 11. The van der Waals surface area contributed by atoms with Gasteiger partial charge in [-0.2, -0.15) is 5.26 Å². The van der Waals surface area contributed by atoms with Crippen molar-refractivity contribution in [2.75, 3.05) is 0 Å². The van der Waals surface area contributed by atoms with Crippen molar-refractivity contribution >= 4 is 65.3 Å². The maximum atomic E-state index is 9.67. The molecule has 0 aliphatic heterocycles. The monoisotopic (exact) mass is 623 g/mol. The smallest absolute Gasteiger partial charge is 0.0992 e. The third kappa shape index (κ3) is 4.08. The van der Waals surface area contributed by atoms with Crippen molar-refractivity contribution in [1.29, 1.82) is 5.26 Å². The number of benzene rings is 6. The summed E-state index contributed by atoms with van der Waals surface area (Å²) in [7, 11) is 0. The summed E-state index contributed by atoms with van der Waals surface area (Å²) >= 11 is 0. The van der Waals surface area contributed by atoms with Crippen LogP contribution in [0.25, 0.3) is 93.4 Å². The maximum absolute atomic E-state index is 9.67. The molecule has 4 heterocycles. The molecule has 0 spiro atoms. The highest BCUT2D eigenvalue weighted by atomic mass is 15.0. The highest BCUT2D eigenvalue weighted by Crippen LogP contribution is 2.42. The van der Waals surface area contributed by atoms with Crippen LogP contribution < -0.4 is 0 Å². The Morgan fingerprint density at radius 1 is 0.490 bits per heavy atom. The number of hydrogen-bond donors (Lipinski definition) is 0. The van der Waals surface area contributed by atoms with Crippen LogP contribution in [-0.4, -0.2) is 19.5 Å². The second-order valence-electron chi connectivity index (χ2n) is 12.4. The molecule has 4 aromatic heterocycles. The highest BCUT2D eigenvalue weighted by molar-refractivity contribution is 6.32. The van der Waals surface area contributed by atoms with Crippen LogP contribution in [0.5, 0.6) is 0 Å². The number of aromatic nitrogens is 4. The topological polar surface area (TPSA) is 67.4 Å². The first-order valence-electron chi connectivity index (χ1n) is 16.3. The Balaban J connectivity index is 1.17. The predicted octanol–water partition coefficient (Wildman–Crippen LogP) is 10.8. The van der Waals surface area contributed by atoms with Gasteiger partial charge in [0.15, 0.2) is 0 Å². The van der Waals surface area contributed by atoms with Gasteiger partial charge in [-0.05, 0) is 65.7 Å². The first-order valence-corrected chi connectivity index (χ1v) is 16.3. The van der Waals surface area contributed by atoms with E-state index in [1.165, 1.54) is 0 Å². The zero-order valence-corrected chi connectivity index (χ0v) is 26.2. The molecule has 5 nitrogen and oxygen atoms in total. The molecular formula is C44H25N5. The van der Waals surface area contributed by atoms with Crippen LogP contribution in [-0.2, 0) is 0 Å². The van der Waals surface area contributed by atoms with Gasteiger partial charge in [0.25, 0.3) is 0 Å². The van der Waals surface area contributed by atoms with Gasteiger partial charge >= 0.3 is 0 Å². The molecule has 0 bridgehead atoms. The van der Waals surface area contributed by atoms with Gasteiger partial charge in [-0.15, -0.1) is 0 Å². The van der Waals surface area contributed by atoms with Crippen molar-refractivity contribution in [3.8, 4) is 34.1 Å². The summed E-state index contributed by atoms with van der Waals surface area (Å²) in [6.45, 7) is 0. The molecule has 49 heavy (non-hydrogen) atoms. The molecule has 0 N–H and O–H groups in total. The van der Waals surface area contributed by atoms with Crippen molar-refractivity contribution in [2.24, 2.45) is 0 Å². The first-order chi connectivity index (χ1) is 24.3. The number of nitriles is 1. The number of pyridine rings is 3. The Morgan fingerprint density at radius 2 is 1.16 bits per heavy atom. The van der Waals surface area contributed by atoms with Gasteiger partial charge in [0.05, 0.1) is 44.9 Å². The SMILES string of the molecule is N#Cc1ccc2c3cc(-c4ccc(-c5nc6ccccc6c6c7cccnc7c7ncccc7c56)cc4)ccc3n(-c3ccccc3)c2c1. The van der Waals surface area contributed by atoms with E-state index in [4.69, 9.17) is 15.0 Å². The number of para-hydroxylation sites is 2. The second kappa shape index (κ2) is 10.6. The summed E-state index contributed by atoms with van der Waals surface area (Å²) in [5.74, 6) is 0. The van der Waals surface area contributed by atoms with Crippen LogP contribution in [0.3, 0.4) is 0 Å². The van der Waals surface area contributed by atoms with Gasteiger partial charge in [0.2, 0.25) is 0 Å². The van der Waals surface area contributed by atoms with Gasteiger partial charge in [0.1, 0.15) is 0 Å². The Hall–Kier alpha value is -6.90. The molecule has 0 aliphatic rings. The van der Waals surface area contributed by atoms with Crippen LogP contribution in [0.2, 0.25) is 0 Å². The molecule has 0 radical (unpaired) electrons. The lowest BCUT2D eigenvalue weighted by molar-refractivity contribution is 1.18. The molecule has 226 valence electrons. The van der Waals surface area contributed by atoms with Crippen LogP contribution in [0, 0.1) is 11.3 Å². The van der Waals surface area contributed by atoms with Crippen molar-refractivity contribution in [3.05, 3.63) is 157 Å². The minimum Gasteiger partial charge on any atom is -0.309 e. The summed E-state index contributed by atoms with van der Waals surface area (Å²) in [5.41, 5.74) is 10.8. The Labute approximate surface area is 281 Å². The molecule has 0 atom stereocenters. The molecule has 0 amide bonds. The van der Waals surface area contributed by atoms with E-state index in [1.807, 2.05) is 60.9 Å². The number of nitrogens with zero attached hydrogens (tertiary/aromatic N) is 5. The van der Waals surface area contributed by atoms with E-state index in [1.54, 1.807) is 0 Å². The van der Waals surface area contributed by atoms with E-state index in [9.17, 15) is 5.26 Å². The van der Waals surface area contributed by atoms with Crippen molar-refractivity contribution < 1.29 is 0 Å². The van der Waals surface area contributed by atoms with Gasteiger partial charge in [-0.1, -0.05) is 84.9 Å². The fourth-order valence-electron chi connectivity index (χ4n) is 7.50. The van der Waals surface area contributed by atoms with Crippen LogP contribution >= 0.6 is 0 Å². The molecule has 0 saturated heterocycles. The van der Waals surface area contributed by atoms with Gasteiger partial charge in [-0.25, -0.2) is 4.98 Å². The quantitative estimate of drug-likeness (QED) is 0.184. The van der Waals surface area contributed by atoms with Crippen molar-refractivity contribution in [3.63, 3.8) is 0 Å². The van der Waals surface area contributed by atoms with Gasteiger partial charge < -0.3 is 4.57 Å². The Kier molecular flexibility index (Phi) is 5.87. The number of hydrogen-bond acceptors (Lipinski definition) is 4. The summed E-state index contributed by atoms with van der Waals surface area (Å²) < 4.78 is 2.24. The largest absolute Gasteiger partial charge is 0.309 e. The van der Waals surface area contributed by atoms with Gasteiger partial charge in [-0.3, -0.25) is 9.97 Å². The first kappa shape index (κ1) is 27.2. The number of rotatable bonds is 3. The summed E-state index contributed by atoms with van der Waals surface area (Å²) in [4.78, 5) is 14.9. The zero-order chi connectivity index (χ0) is 32.5. The molecule has 0 saturated carbocycles. The van der Waals surface area contributed by atoms with Crippen molar-refractivity contribution in [2.45, 2.75) is 0 Å². The summed E-state index contributed by atoms with van der Waals surface area (Å²) in [6.07, 6.45) is 3.67. The van der Waals surface area contributed by atoms with Crippen molar-refractivity contribution in [1.82, 2.24) is 19.5 Å². The third-order valence-electron chi connectivity index (χ3n) is 9.67. The fourth-order valence-corrected chi connectivity index (χ4v) is 7.50. The minimum absolute atomic E-state index is 0.644. The van der Waals surface area contributed by atoms with Crippen LogP contribution in [0.15, 0.2) is 152 Å². The van der Waals surface area contributed by atoms with E-state index in [-0.39, 0.29) is 0 Å². The molecule has 0 unspecified atom stereocenters. The molecular weight excluding hydrogens is 599 g/mol.